The summed E-state index contributed by atoms with van der Waals surface area (Å²) >= 11 is 0. The van der Waals surface area contributed by atoms with Gasteiger partial charge in [-0.3, -0.25) is 18.1 Å². The van der Waals surface area contributed by atoms with Gasteiger partial charge in [0.05, 0.1) is 26.7 Å². The SMILES string of the molecule is CCOC(=O)CO[P@@]1(=O)OC[C@H]2O[C@@H](n3cnc4c(OC)nc(N)nc43)[C@](C)(O)[C@@H]2O1. The molecule has 31 heavy (non-hydrogen) atoms. The summed E-state index contributed by atoms with van der Waals surface area (Å²) in [5.41, 5.74) is 4.61. The Labute approximate surface area is 176 Å². The van der Waals surface area contributed by atoms with E-state index in [1.165, 1.54) is 24.9 Å². The van der Waals surface area contributed by atoms with Crippen molar-refractivity contribution in [2.75, 3.05) is 32.7 Å². The second-order valence-corrected chi connectivity index (χ2v) is 8.64. The fourth-order valence-electron chi connectivity index (χ4n) is 3.50. The van der Waals surface area contributed by atoms with Crippen LogP contribution in [0, 0.1) is 0 Å². The molecule has 0 unspecified atom stereocenters. The van der Waals surface area contributed by atoms with Crippen molar-refractivity contribution in [3.8, 4) is 5.88 Å². The van der Waals surface area contributed by atoms with Gasteiger partial charge >= 0.3 is 13.8 Å². The Kier molecular flexibility index (Phi) is 5.62. The minimum Gasteiger partial charge on any atom is -0.479 e. The zero-order valence-corrected chi connectivity index (χ0v) is 17.9. The number of carbonyl (C=O) groups is 1. The van der Waals surface area contributed by atoms with Crippen molar-refractivity contribution in [2.45, 2.75) is 37.9 Å². The molecule has 170 valence electrons. The van der Waals surface area contributed by atoms with Gasteiger partial charge in [0.2, 0.25) is 11.8 Å². The van der Waals surface area contributed by atoms with Gasteiger partial charge in [-0.1, -0.05) is 0 Å². The van der Waals surface area contributed by atoms with Crippen LogP contribution in [0.15, 0.2) is 6.33 Å². The molecule has 0 amide bonds. The molecule has 0 bridgehead atoms. The van der Waals surface area contributed by atoms with Crippen LogP contribution in [0.1, 0.15) is 20.1 Å². The van der Waals surface area contributed by atoms with Gasteiger partial charge in [-0.15, -0.1) is 0 Å². The number of esters is 1. The Bertz CT molecular complexity index is 1040. The average molecular weight is 459 g/mol. The largest absolute Gasteiger partial charge is 0.479 e. The van der Waals surface area contributed by atoms with Crippen molar-refractivity contribution < 1.29 is 42.2 Å². The van der Waals surface area contributed by atoms with Gasteiger partial charge < -0.3 is 25.1 Å². The lowest BCUT2D eigenvalue weighted by atomic mass is 9.96. The molecule has 2 saturated heterocycles. The first-order chi connectivity index (χ1) is 14.7. The summed E-state index contributed by atoms with van der Waals surface area (Å²) in [6.07, 6.45) is -1.55. The maximum atomic E-state index is 12.8. The lowest BCUT2D eigenvalue weighted by Crippen LogP contribution is -2.47. The molecule has 0 saturated carbocycles. The number of anilines is 1. The number of fused-ring (bicyclic) bond motifs is 2. The number of phosphoric ester groups is 1. The molecular weight excluding hydrogens is 437 g/mol. The third-order valence-electron chi connectivity index (χ3n) is 4.86. The lowest BCUT2D eigenvalue weighted by Gasteiger charge is -2.34. The van der Waals surface area contributed by atoms with Crippen molar-refractivity contribution in [3.63, 3.8) is 0 Å². The number of ether oxygens (including phenoxy) is 3. The van der Waals surface area contributed by atoms with Crippen LogP contribution < -0.4 is 10.5 Å². The van der Waals surface area contributed by atoms with Crippen molar-refractivity contribution in [1.29, 1.82) is 0 Å². The second-order valence-electron chi connectivity index (χ2n) is 7.02. The normalized spacial score (nSPS) is 32.7. The fraction of sp³-hybridized carbons (Fsp3) is 0.625. The van der Waals surface area contributed by atoms with Crippen LogP contribution in [0.2, 0.25) is 0 Å². The predicted molar refractivity (Wildman–Crippen MR) is 102 cm³/mol. The second kappa shape index (κ2) is 7.97. The van der Waals surface area contributed by atoms with Crippen molar-refractivity contribution in [3.05, 3.63) is 6.33 Å². The third kappa shape index (κ3) is 3.86. The summed E-state index contributed by atoms with van der Waals surface area (Å²) in [6, 6.07) is 0. The number of methoxy groups -OCH3 is 1. The maximum Gasteiger partial charge on any atom is 0.475 e. The molecule has 0 aliphatic carbocycles. The summed E-state index contributed by atoms with van der Waals surface area (Å²) in [7, 11) is -2.73. The van der Waals surface area contributed by atoms with E-state index in [1.54, 1.807) is 6.92 Å². The standard InChI is InChI=1S/C16H22N5O9P/c1-4-26-9(22)6-28-31(24)27-5-8-11(30-31)16(2,23)14(29-8)21-7-18-10-12(21)19-15(17)20-13(10)25-3/h7-8,11,14,23H,4-6H2,1-3H3,(H2,17,19,20)/t8-,11-,14-,16-,31-/m1/s1. The van der Waals surface area contributed by atoms with Gasteiger partial charge in [-0.2, -0.15) is 9.97 Å². The van der Waals surface area contributed by atoms with E-state index in [0.717, 1.165) is 0 Å². The first-order valence-electron chi connectivity index (χ1n) is 9.33. The number of nitrogens with zero attached hydrogens (tertiary/aromatic N) is 4. The number of imidazole rings is 1. The molecule has 2 aromatic rings. The van der Waals surface area contributed by atoms with Gasteiger partial charge in [-0.25, -0.2) is 14.3 Å². The number of aliphatic hydroxyl groups is 1. The van der Waals surface area contributed by atoms with Gasteiger partial charge in [0, 0.05) is 0 Å². The Morgan fingerprint density at radius 3 is 2.97 bits per heavy atom. The number of carbonyl (C=O) groups excluding carboxylic acids is 1. The molecule has 14 nitrogen and oxygen atoms in total. The van der Waals surface area contributed by atoms with Crippen LogP contribution in [-0.2, 0) is 32.4 Å². The molecule has 4 heterocycles. The Hall–Kier alpha value is -2.35. The molecule has 2 aromatic heterocycles. The smallest absolute Gasteiger partial charge is 0.475 e. The van der Waals surface area contributed by atoms with Gasteiger partial charge in [0.1, 0.15) is 17.8 Å². The monoisotopic (exact) mass is 459 g/mol. The van der Waals surface area contributed by atoms with E-state index in [9.17, 15) is 14.5 Å². The first-order valence-corrected chi connectivity index (χ1v) is 10.8. The average Bonchev–Trinajstić information content (AvgIpc) is 3.24. The highest BCUT2D eigenvalue weighted by atomic mass is 31.2. The van der Waals surface area contributed by atoms with Crippen LogP contribution in [0.25, 0.3) is 11.2 Å². The Morgan fingerprint density at radius 2 is 2.26 bits per heavy atom. The summed E-state index contributed by atoms with van der Waals surface area (Å²) in [6.45, 7) is 2.37. The summed E-state index contributed by atoms with van der Waals surface area (Å²) < 4.78 is 45.7. The molecule has 0 spiro atoms. The van der Waals surface area contributed by atoms with E-state index in [2.05, 4.69) is 15.0 Å². The van der Waals surface area contributed by atoms with E-state index in [0.29, 0.717) is 5.52 Å². The zero-order valence-electron chi connectivity index (χ0n) is 17.0. The van der Waals surface area contributed by atoms with E-state index >= 15 is 0 Å². The number of nitrogen functional groups attached to an aromatic ring is 1. The topological polar surface area (TPSA) is 179 Å². The Balaban J connectivity index is 1.59. The van der Waals surface area contributed by atoms with Crippen molar-refractivity contribution in [1.82, 2.24) is 19.5 Å². The number of nitrogens with two attached hydrogens (primary N) is 1. The summed E-state index contributed by atoms with van der Waals surface area (Å²) in [5, 5.41) is 11.2. The molecular formula is C16H22N5O9P. The third-order valence-corrected chi connectivity index (χ3v) is 6.25. The summed E-state index contributed by atoms with van der Waals surface area (Å²) in [4.78, 5) is 23.8. The highest BCUT2D eigenvalue weighted by Crippen LogP contribution is 2.58. The predicted octanol–water partition coefficient (Wildman–Crippen LogP) is 0.169. The van der Waals surface area contributed by atoms with Crippen LogP contribution in [0.4, 0.5) is 5.95 Å². The zero-order chi connectivity index (χ0) is 22.4. The van der Waals surface area contributed by atoms with Crippen LogP contribution >= 0.6 is 7.82 Å². The number of hydrogen-bond donors (Lipinski definition) is 2. The number of phosphoric acid groups is 1. The molecule has 2 aliphatic heterocycles. The first kappa shape index (κ1) is 21.9. The van der Waals surface area contributed by atoms with Crippen molar-refractivity contribution >= 4 is 30.9 Å². The summed E-state index contributed by atoms with van der Waals surface area (Å²) in [5.74, 6) is -0.624. The number of rotatable bonds is 6. The van der Waals surface area contributed by atoms with E-state index in [1.807, 2.05) is 0 Å². The highest BCUT2D eigenvalue weighted by Gasteiger charge is 2.60. The van der Waals surface area contributed by atoms with E-state index in [-0.39, 0.29) is 30.7 Å². The molecule has 3 N–H and O–H groups in total. The number of aromatic nitrogens is 4. The molecule has 0 aromatic carbocycles. The molecule has 15 heteroatoms. The van der Waals surface area contributed by atoms with Gasteiger partial charge in [0.15, 0.2) is 24.0 Å². The quantitative estimate of drug-likeness (QED) is 0.441. The van der Waals surface area contributed by atoms with E-state index in [4.69, 9.17) is 33.5 Å². The molecule has 5 atom stereocenters. The minimum absolute atomic E-state index is 0.0578. The van der Waals surface area contributed by atoms with Gasteiger partial charge in [-0.05, 0) is 13.8 Å². The van der Waals surface area contributed by atoms with Crippen LogP contribution in [-0.4, -0.2) is 75.3 Å². The lowest BCUT2D eigenvalue weighted by molar-refractivity contribution is -0.147. The van der Waals surface area contributed by atoms with Crippen LogP contribution in [0.3, 0.4) is 0 Å². The highest BCUT2D eigenvalue weighted by molar-refractivity contribution is 7.48. The van der Waals surface area contributed by atoms with Crippen molar-refractivity contribution in [2.24, 2.45) is 0 Å². The minimum atomic E-state index is -4.14. The Morgan fingerprint density at radius 1 is 1.48 bits per heavy atom. The number of hydrogen-bond acceptors (Lipinski definition) is 13. The maximum absolute atomic E-state index is 12.8. The van der Waals surface area contributed by atoms with Gasteiger partial charge in [0.25, 0.3) is 0 Å². The van der Waals surface area contributed by atoms with Crippen LogP contribution in [0.5, 0.6) is 5.88 Å². The molecule has 2 fully saturated rings. The molecule has 4 rings (SSSR count). The van der Waals surface area contributed by atoms with E-state index < -0.39 is 44.4 Å². The molecule has 2 aliphatic rings. The fourth-order valence-corrected chi connectivity index (χ4v) is 4.91. The molecule has 0 radical (unpaired) electrons.